The van der Waals surface area contributed by atoms with Crippen molar-refractivity contribution in [2.45, 2.75) is 13.8 Å². The molecule has 3 rings (SSSR count). The summed E-state index contributed by atoms with van der Waals surface area (Å²) in [6, 6.07) is 23.0. The Bertz CT molecular complexity index is 930. The van der Waals surface area contributed by atoms with Crippen molar-refractivity contribution in [3.63, 3.8) is 0 Å². The predicted octanol–water partition coefficient (Wildman–Crippen LogP) is 6.23. The maximum Gasteiger partial charge on any atom is 0.225 e. The zero-order valence-electron chi connectivity index (χ0n) is 15.2. The SMILES string of the molecule is CC(=COc1ccc(C)cc1)/C(=N\c1ccccc1)Oc1ccc(F)cc1. The van der Waals surface area contributed by atoms with Crippen molar-refractivity contribution >= 4 is 11.6 Å². The van der Waals surface area contributed by atoms with Crippen LogP contribution >= 0.6 is 0 Å². The van der Waals surface area contributed by atoms with Gasteiger partial charge < -0.3 is 9.47 Å². The third-order valence-electron chi connectivity index (χ3n) is 3.75. The van der Waals surface area contributed by atoms with Crippen molar-refractivity contribution in [3.8, 4) is 11.5 Å². The topological polar surface area (TPSA) is 30.8 Å². The van der Waals surface area contributed by atoms with Gasteiger partial charge in [-0.2, -0.15) is 0 Å². The third-order valence-corrected chi connectivity index (χ3v) is 3.75. The van der Waals surface area contributed by atoms with Gasteiger partial charge >= 0.3 is 0 Å². The Labute approximate surface area is 158 Å². The van der Waals surface area contributed by atoms with E-state index in [1.165, 1.54) is 12.1 Å². The standard InChI is InChI=1S/C23H20FNO2/c1-17-8-12-21(13-9-17)26-16-18(2)23(25-20-6-4-3-5-7-20)27-22-14-10-19(24)11-15-22/h3-16H,1-2H3/b18-16?,25-23+. The van der Waals surface area contributed by atoms with Gasteiger partial charge in [0.25, 0.3) is 0 Å². The molecule has 0 saturated carbocycles. The van der Waals surface area contributed by atoms with E-state index in [9.17, 15) is 4.39 Å². The maximum atomic E-state index is 13.1. The summed E-state index contributed by atoms with van der Waals surface area (Å²) in [7, 11) is 0. The van der Waals surface area contributed by atoms with Crippen LogP contribution in [0.3, 0.4) is 0 Å². The lowest BCUT2D eigenvalue weighted by molar-refractivity contribution is 0.473. The number of aliphatic imine (C=N–C) groups is 1. The number of nitrogens with zero attached hydrogens (tertiary/aromatic N) is 1. The second-order valence-electron chi connectivity index (χ2n) is 6.04. The van der Waals surface area contributed by atoms with Crippen molar-refractivity contribution in [2.24, 2.45) is 4.99 Å². The molecular formula is C23H20FNO2. The van der Waals surface area contributed by atoms with Crippen LogP contribution in [0.15, 0.2) is 95.7 Å². The number of hydrogen-bond donors (Lipinski definition) is 0. The summed E-state index contributed by atoms with van der Waals surface area (Å²) in [5.74, 6) is 1.27. The fraction of sp³-hybridized carbons (Fsp3) is 0.0870. The van der Waals surface area contributed by atoms with Crippen LogP contribution in [-0.4, -0.2) is 5.90 Å². The van der Waals surface area contributed by atoms with Gasteiger partial charge in [0.05, 0.1) is 11.9 Å². The zero-order chi connectivity index (χ0) is 19.1. The van der Waals surface area contributed by atoms with E-state index in [0.717, 1.165) is 17.0 Å². The van der Waals surface area contributed by atoms with Gasteiger partial charge in [0.15, 0.2) is 0 Å². The highest BCUT2D eigenvalue weighted by Crippen LogP contribution is 2.19. The first-order valence-electron chi connectivity index (χ1n) is 8.58. The van der Waals surface area contributed by atoms with Crippen molar-refractivity contribution < 1.29 is 13.9 Å². The molecule has 4 heteroatoms. The third kappa shape index (κ3) is 5.54. The number of halogens is 1. The zero-order valence-corrected chi connectivity index (χ0v) is 15.2. The molecule has 0 heterocycles. The molecule has 0 atom stereocenters. The number of ether oxygens (including phenoxy) is 2. The monoisotopic (exact) mass is 361 g/mol. The lowest BCUT2D eigenvalue weighted by Gasteiger charge is -2.10. The molecule has 0 fully saturated rings. The van der Waals surface area contributed by atoms with Gasteiger partial charge in [-0.1, -0.05) is 35.9 Å². The summed E-state index contributed by atoms with van der Waals surface area (Å²) in [4.78, 5) is 4.56. The molecule has 0 aliphatic heterocycles. The first-order valence-corrected chi connectivity index (χ1v) is 8.58. The van der Waals surface area contributed by atoms with Gasteiger partial charge in [-0.05, 0) is 62.4 Å². The second kappa shape index (κ2) is 8.81. The van der Waals surface area contributed by atoms with Crippen LogP contribution < -0.4 is 9.47 Å². The summed E-state index contributed by atoms with van der Waals surface area (Å²) in [5, 5.41) is 0. The summed E-state index contributed by atoms with van der Waals surface area (Å²) >= 11 is 0. The van der Waals surface area contributed by atoms with Crippen LogP contribution in [0.5, 0.6) is 11.5 Å². The van der Waals surface area contributed by atoms with E-state index in [-0.39, 0.29) is 5.82 Å². The first kappa shape index (κ1) is 18.4. The molecule has 3 nitrogen and oxygen atoms in total. The second-order valence-corrected chi connectivity index (χ2v) is 6.04. The lowest BCUT2D eigenvalue weighted by atomic mass is 10.2. The van der Waals surface area contributed by atoms with E-state index < -0.39 is 0 Å². The van der Waals surface area contributed by atoms with Gasteiger partial charge in [0.1, 0.15) is 17.3 Å². The fourth-order valence-electron chi connectivity index (χ4n) is 2.25. The molecule has 27 heavy (non-hydrogen) atoms. The van der Waals surface area contributed by atoms with Crippen LogP contribution in [0, 0.1) is 12.7 Å². The van der Waals surface area contributed by atoms with Crippen LogP contribution in [0.1, 0.15) is 12.5 Å². The number of hydrogen-bond acceptors (Lipinski definition) is 3. The molecule has 0 aliphatic carbocycles. The maximum absolute atomic E-state index is 13.1. The van der Waals surface area contributed by atoms with Crippen molar-refractivity contribution in [1.29, 1.82) is 0 Å². The minimum Gasteiger partial charge on any atom is -0.465 e. The molecular weight excluding hydrogens is 341 g/mol. The molecule has 0 aromatic heterocycles. The molecule has 0 N–H and O–H groups in total. The lowest BCUT2D eigenvalue weighted by Crippen LogP contribution is -2.11. The van der Waals surface area contributed by atoms with Crippen LogP contribution in [0.25, 0.3) is 0 Å². The highest BCUT2D eigenvalue weighted by molar-refractivity contribution is 5.96. The number of rotatable bonds is 5. The molecule has 136 valence electrons. The predicted molar refractivity (Wildman–Crippen MR) is 106 cm³/mol. The number of para-hydroxylation sites is 1. The molecule has 0 aliphatic rings. The van der Waals surface area contributed by atoms with E-state index in [4.69, 9.17) is 9.47 Å². The summed E-state index contributed by atoms with van der Waals surface area (Å²) in [6.07, 6.45) is 1.59. The molecule has 0 spiro atoms. The van der Waals surface area contributed by atoms with Crippen molar-refractivity contribution in [3.05, 3.63) is 102 Å². The van der Waals surface area contributed by atoms with Gasteiger partial charge in [-0.25, -0.2) is 9.38 Å². The highest BCUT2D eigenvalue weighted by Gasteiger charge is 2.08. The Morgan fingerprint density at radius 2 is 1.48 bits per heavy atom. The quantitative estimate of drug-likeness (QED) is 0.306. The highest BCUT2D eigenvalue weighted by atomic mass is 19.1. The average molecular weight is 361 g/mol. The molecule has 0 amide bonds. The smallest absolute Gasteiger partial charge is 0.225 e. The van der Waals surface area contributed by atoms with E-state index in [1.54, 1.807) is 18.4 Å². The van der Waals surface area contributed by atoms with Crippen LogP contribution in [0.4, 0.5) is 10.1 Å². The Kier molecular flexibility index (Phi) is 6.00. The van der Waals surface area contributed by atoms with Gasteiger partial charge in [-0.15, -0.1) is 0 Å². The Morgan fingerprint density at radius 1 is 0.852 bits per heavy atom. The molecule has 0 bridgehead atoms. The van der Waals surface area contributed by atoms with Crippen LogP contribution in [0.2, 0.25) is 0 Å². The van der Waals surface area contributed by atoms with Gasteiger partial charge in [0.2, 0.25) is 5.90 Å². The van der Waals surface area contributed by atoms with Crippen molar-refractivity contribution in [1.82, 2.24) is 0 Å². The van der Waals surface area contributed by atoms with E-state index in [0.29, 0.717) is 17.2 Å². The van der Waals surface area contributed by atoms with Gasteiger partial charge in [0, 0.05) is 5.57 Å². The number of aryl methyl sites for hydroxylation is 1. The largest absolute Gasteiger partial charge is 0.465 e. The fourth-order valence-corrected chi connectivity index (χ4v) is 2.25. The number of benzene rings is 3. The summed E-state index contributed by atoms with van der Waals surface area (Å²) < 4.78 is 24.7. The molecule has 3 aromatic rings. The van der Waals surface area contributed by atoms with E-state index >= 15 is 0 Å². The molecule has 0 unspecified atom stereocenters. The molecule has 3 aromatic carbocycles. The summed E-state index contributed by atoms with van der Waals surface area (Å²) in [5.41, 5.74) is 2.61. The average Bonchev–Trinajstić information content (AvgIpc) is 2.69. The van der Waals surface area contributed by atoms with E-state index in [2.05, 4.69) is 4.99 Å². The Balaban J connectivity index is 1.85. The Morgan fingerprint density at radius 3 is 2.15 bits per heavy atom. The first-order chi connectivity index (χ1) is 13.1. The molecule has 0 saturated heterocycles. The van der Waals surface area contributed by atoms with Gasteiger partial charge in [-0.3, -0.25) is 0 Å². The van der Waals surface area contributed by atoms with Crippen LogP contribution in [-0.2, 0) is 0 Å². The van der Waals surface area contributed by atoms with Crippen molar-refractivity contribution in [2.75, 3.05) is 0 Å². The van der Waals surface area contributed by atoms with E-state index in [1.807, 2.05) is 68.4 Å². The Hall–Kier alpha value is -3.40. The minimum atomic E-state index is -0.320. The summed E-state index contributed by atoms with van der Waals surface area (Å²) in [6.45, 7) is 3.87. The molecule has 0 radical (unpaired) electrons. The minimum absolute atomic E-state index is 0.320. The normalized spacial score (nSPS) is 12.0.